The van der Waals surface area contributed by atoms with Gasteiger partial charge in [-0.05, 0) is 39.6 Å². The molecule has 3 N–H and O–H groups in total. The molecule has 0 saturated carbocycles. The van der Waals surface area contributed by atoms with Crippen molar-refractivity contribution in [3.63, 3.8) is 0 Å². The van der Waals surface area contributed by atoms with Gasteiger partial charge < -0.3 is 15.4 Å². The molecule has 0 bridgehead atoms. The monoisotopic (exact) mass is 236 g/mol. The molecular weight excluding hydrogens is 216 g/mol. The largest absolute Gasteiger partial charge is 0.476 e. The Balaban J connectivity index is 2.92. The van der Waals surface area contributed by atoms with Gasteiger partial charge in [-0.3, -0.25) is 5.41 Å². The van der Waals surface area contributed by atoms with E-state index in [-0.39, 0.29) is 5.84 Å². The van der Waals surface area contributed by atoms with Gasteiger partial charge in [-0.25, -0.2) is 4.98 Å². The van der Waals surface area contributed by atoms with Crippen LogP contribution in [-0.4, -0.2) is 43.0 Å². The molecule has 0 aromatic carbocycles. The number of aryl methyl sites for hydroxylation is 2. The van der Waals surface area contributed by atoms with E-state index in [9.17, 15) is 0 Å². The minimum absolute atomic E-state index is 0.00477. The van der Waals surface area contributed by atoms with Crippen molar-refractivity contribution in [2.24, 2.45) is 5.73 Å². The van der Waals surface area contributed by atoms with Gasteiger partial charge in [-0.2, -0.15) is 0 Å². The molecule has 0 fully saturated rings. The lowest BCUT2D eigenvalue weighted by Crippen LogP contribution is -2.22. The lowest BCUT2D eigenvalue weighted by atomic mass is 10.1. The predicted molar refractivity (Wildman–Crippen MR) is 68.8 cm³/mol. The van der Waals surface area contributed by atoms with E-state index in [1.54, 1.807) is 0 Å². The Morgan fingerprint density at radius 2 is 2.12 bits per heavy atom. The smallest absolute Gasteiger partial charge is 0.225 e. The number of amidine groups is 1. The van der Waals surface area contributed by atoms with Crippen LogP contribution in [0.4, 0.5) is 0 Å². The number of rotatable bonds is 5. The van der Waals surface area contributed by atoms with E-state index < -0.39 is 0 Å². The van der Waals surface area contributed by atoms with E-state index in [1.807, 2.05) is 38.9 Å². The Kier molecular flexibility index (Phi) is 4.45. The number of nitrogens with two attached hydrogens (primary N) is 1. The van der Waals surface area contributed by atoms with Crippen LogP contribution in [0.2, 0.25) is 0 Å². The van der Waals surface area contributed by atoms with Gasteiger partial charge in [0.1, 0.15) is 12.4 Å². The quantitative estimate of drug-likeness (QED) is 0.589. The summed E-state index contributed by atoms with van der Waals surface area (Å²) in [7, 11) is 3.95. The van der Waals surface area contributed by atoms with Crippen LogP contribution in [0.5, 0.6) is 5.88 Å². The van der Waals surface area contributed by atoms with E-state index in [4.69, 9.17) is 15.9 Å². The van der Waals surface area contributed by atoms with Crippen molar-refractivity contribution < 1.29 is 4.74 Å². The summed E-state index contributed by atoms with van der Waals surface area (Å²) in [5, 5.41) is 7.55. The molecule has 94 valence electrons. The summed E-state index contributed by atoms with van der Waals surface area (Å²) in [5.41, 5.74) is 7.93. The third-order valence-corrected chi connectivity index (χ3v) is 2.36. The van der Waals surface area contributed by atoms with Crippen LogP contribution in [0.25, 0.3) is 0 Å². The minimum atomic E-state index is -0.00477. The van der Waals surface area contributed by atoms with Gasteiger partial charge in [0, 0.05) is 12.2 Å². The Bertz CT molecular complexity index is 415. The highest BCUT2D eigenvalue weighted by Gasteiger charge is 2.12. The summed E-state index contributed by atoms with van der Waals surface area (Å²) < 4.78 is 5.60. The SMILES string of the molecule is Cc1cc(C)c(C(=N)N)c(OCCN(C)C)n1. The third-order valence-electron chi connectivity index (χ3n) is 2.36. The van der Waals surface area contributed by atoms with Crippen LogP contribution in [0.15, 0.2) is 6.07 Å². The highest BCUT2D eigenvalue weighted by Crippen LogP contribution is 2.20. The summed E-state index contributed by atoms with van der Waals surface area (Å²) in [6.45, 7) is 5.13. The van der Waals surface area contributed by atoms with Crippen LogP contribution >= 0.6 is 0 Å². The maximum atomic E-state index is 7.55. The van der Waals surface area contributed by atoms with Gasteiger partial charge in [0.05, 0.1) is 5.56 Å². The number of likely N-dealkylation sites (N-methyl/N-ethyl adjacent to an activating group) is 1. The molecule has 0 spiro atoms. The van der Waals surface area contributed by atoms with Crippen LogP contribution < -0.4 is 10.5 Å². The molecule has 0 saturated heterocycles. The lowest BCUT2D eigenvalue weighted by molar-refractivity contribution is 0.253. The highest BCUT2D eigenvalue weighted by atomic mass is 16.5. The van der Waals surface area contributed by atoms with E-state index in [0.717, 1.165) is 17.8 Å². The molecular formula is C12H20N4O. The van der Waals surface area contributed by atoms with Crippen molar-refractivity contribution in [3.8, 4) is 5.88 Å². The first kappa shape index (κ1) is 13.4. The predicted octanol–water partition coefficient (Wildman–Crippen LogP) is 0.923. The molecule has 1 aromatic heterocycles. The van der Waals surface area contributed by atoms with E-state index in [1.165, 1.54) is 0 Å². The number of nitrogens with one attached hydrogen (secondary N) is 1. The zero-order chi connectivity index (χ0) is 13.0. The van der Waals surface area contributed by atoms with E-state index >= 15 is 0 Å². The lowest BCUT2D eigenvalue weighted by Gasteiger charge is -2.14. The summed E-state index contributed by atoms with van der Waals surface area (Å²) in [6, 6.07) is 1.90. The number of aromatic nitrogens is 1. The number of pyridine rings is 1. The molecule has 17 heavy (non-hydrogen) atoms. The molecule has 1 rings (SSSR count). The fourth-order valence-electron chi connectivity index (χ4n) is 1.56. The van der Waals surface area contributed by atoms with Crippen molar-refractivity contribution in [1.29, 1.82) is 5.41 Å². The number of hydrogen-bond donors (Lipinski definition) is 2. The Morgan fingerprint density at radius 1 is 1.47 bits per heavy atom. The van der Waals surface area contributed by atoms with Crippen molar-refractivity contribution >= 4 is 5.84 Å². The summed E-state index contributed by atoms with van der Waals surface area (Å²) in [4.78, 5) is 6.31. The molecule has 0 radical (unpaired) electrons. The number of nitrogens with zero attached hydrogens (tertiary/aromatic N) is 2. The second kappa shape index (κ2) is 5.63. The van der Waals surface area contributed by atoms with Gasteiger partial charge in [0.25, 0.3) is 0 Å². The first-order chi connectivity index (χ1) is 7.91. The molecule has 0 unspecified atom stereocenters. The van der Waals surface area contributed by atoms with Crippen molar-refractivity contribution in [2.75, 3.05) is 27.2 Å². The second-order valence-corrected chi connectivity index (χ2v) is 4.33. The van der Waals surface area contributed by atoms with Crippen LogP contribution in [0.1, 0.15) is 16.8 Å². The van der Waals surface area contributed by atoms with Gasteiger partial charge in [0.15, 0.2) is 0 Å². The zero-order valence-corrected chi connectivity index (χ0v) is 10.9. The fourth-order valence-corrected chi connectivity index (χ4v) is 1.56. The average Bonchev–Trinajstić information content (AvgIpc) is 2.14. The zero-order valence-electron chi connectivity index (χ0n) is 10.9. The van der Waals surface area contributed by atoms with Crippen LogP contribution in [0.3, 0.4) is 0 Å². The Morgan fingerprint density at radius 3 is 2.65 bits per heavy atom. The molecule has 5 heteroatoms. The second-order valence-electron chi connectivity index (χ2n) is 4.33. The third kappa shape index (κ3) is 3.71. The molecule has 0 atom stereocenters. The molecule has 1 heterocycles. The summed E-state index contributed by atoms with van der Waals surface area (Å²) in [6.07, 6.45) is 0. The van der Waals surface area contributed by atoms with Gasteiger partial charge in [-0.1, -0.05) is 0 Å². The van der Waals surface area contributed by atoms with Crippen molar-refractivity contribution in [1.82, 2.24) is 9.88 Å². The first-order valence-electron chi connectivity index (χ1n) is 5.52. The highest BCUT2D eigenvalue weighted by molar-refractivity contribution is 5.98. The topological polar surface area (TPSA) is 75.2 Å². The standard InChI is InChI=1S/C12H20N4O/c1-8-7-9(2)15-12(10(8)11(13)14)17-6-5-16(3)4/h7H,5-6H2,1-4H3,(H3,13,14). The van der Waals surface area contributed by atoms with Gasteiger partial charge >= 0.3 is 0 Å². The molecule has 1 aromatic rings. The summed E-state index contributed by atoms with van der Waals surface area (Å²) in [5.74, 6) is 0.451. The van der Waals surface area contributed by atoms with Crippen molar-refractivity contribution in [3.05, 3.63) is 22.9 Å². The molecule has 5 nitrogen and oxygen atoms in total. The fraction of sp³-hybridized carbons (Fsp3) is 0.500. The molecule has 0 aliphatic heterocycles. The summed E-state index contributed by atoms with van der Waals surface area (Å²) >= 11 is 0. The maximum Gasteiger partial charge on any atom is 0.225 e. The van der Waals surface area contributed by atoms with E-state index in [0.29, 0.717) is 18.1 Å². The first-order valence-corrected chi connectivity index (χ1v) is 5.52. The number of nitrogen functional groups attached to an aromatic ring is 1. The van der Waals surface area contributed by atoms with Crippen molar-refractivity contribution in [2.45, 2.75) is 13.8 Å². The molecule has 0 aliphatic rings. The number of ether oxygens (including phenoxy) is 1. The Hall–Kier alpha value is -1.62. The number of hydrogen-bond acceptors (Lipinski definition) is 4. The Labute approximate surface area is 102 Å². The van der Waals surface area contributed by atoms with Gasteiger partial charge in [-0.15, -0.1) is 0 Å². The normalized spacial score (nSPS) is 10.6. The maximum absolute atomic E-state index is 7.55. The van der Waals surface area contributed by atoms with E-state index in [2.05, 4.69) is 4.98 Å². The van der Waals surface area contributed by atoms with Crippen LogP contribution in [0, 0.1) is 19.3 Å². The van der Waals surface area contributed by atoms with Crippen LogP contribution in [-0.2, 0) is 0 Å². The minimum Gasteiger partial charge on any atom is -0.476 e. The van der Waals surface area contributed by atoms with Gasteiger partial charge in [0.2, 0.25) is 5.88 Å². The molecule has 0 amide bonds. The average molecular weight is 236 g/mol. The molecule has 0 aliphatic carbocycles.